The number of rotatable bonds is 4. The molecule has 2 aromatic rings. The fourth-order valence-electron chi connectivity index (χ4n) is 2.83. The predicted octanol–water partition coefficient (Wildman–Crippen LogP) is 3.93. The van der Waals surface area contributed by atoms with Crippen molar-refractivity contribution in [1.29, 1.82) is 0 Å². The molecule has 0 aliphatic carbocycles. The lowest BCUT2D eigenvalue weighted by Crippen LogP contribution is -2.35. The maximum absolute atomic E-state index is 5.48. The molecule has 2 aromatic carbocycles. The summed E-state index contributed by atoms with van der Waals surface area (Å²) in [5.74, 6) is 3.15. The molecule has 4 rings (SSSR count). The van der Waals surface area contributed by atoms with Gasteiger partial charge in [0.15, 0.2) is 23.0 Å². The zero-order valence-electron chi connectivity index (χ0n) is 13.5. The number of nitrogens with one attached hydrogen (secondary N) is 1. The Morgan fingerprint density at radius 3 is 2.58 bits per heavy atom. The third-order valence-electron chi connectivity index (χ3n) is 4.32. The smallest absolute Gasteiger partial charge is 0.231 e. The van der Waals surface area contributed by atoms with Crippen LogP contribution in [-0.4, -0.2) is 13.6 Å². The van der Waals surface area contributed by atoms with Crippen LogP contribution >= 0.6 is 15.9 Å². The van der Waals surface area contributed by atoms with E-state index in [1.807, 2.05) is 18.2 Å². The summed E-state index contributed by atoms with van der Waals surface area (Å²) in [5, 5.41) is 3.59. The molecular formula is C18H18BrNO4. The van der Waals surface area contributed by atoms with Gasteiger partial charge in [-0.1, -0.05) is 6.07 Å². The Bertz CT molecular complexity index is 791. The van der Waals surface area contributed by atoms with Gasteiger partial charge in [-0.3, -0.25) is 0 Å². The molecule has 2 heterocycles. The van der Waals surface area contributed by atoms with Crippen LogP contribution in [0.3, 0.4) is 0 Å². The highest BCUT2D eigenvalue weighted by Gasteiger charge is 2.24. The summed E-state index contributed by atoms with van der Waals surface area (Å²) in [6.45, 7) is 5.56. The normalized spacial score (nSPS) is 15.0. The van der Waals surface area contributed by atoms with Gasteiger partial charge in [-0.25, -0.2) is 0 Å². The molecule has 0 fully saturated rings. The maximum Gasteiger partial charge on any atom is 0.231 e. The fraction of sp³-hybridized carbons (Fsp3) is 0.333. The van der Waals surface area contributed by atoms with Gasteiger partial charge in [-0.2, -0.15) is 0 Å². The largest absolute Gasteiger partial charge is 0.454 e. The molecule has 0 atom stereocenters. The molecule has 0 bridgehead atoms. The summed E-state index contributed by atoms with van der Waals surface area (Å²) in [6, 6.07) is 10.1. The van der Waals surface area contributed by atoms with Gasteiger partial charge >= 0.3 is 0 Å². The first kappa shape index (κ1) is 15.6. The van der Waals surface area contributed by atoms with Crippen molar-refractivity contribution in [2.75, 3.05) is 13.6 Å². The van der Waals surface area contributed by atoms with Crippen molar-refractivity contribution in [1.82, 2.24) is 5.32 Å². The van der Waals surface area contributed by atoms with Gasteiger partial charge in [0.05, 0.1) is 4.47 Å². The Morgan fingerprint density at radius 2 is 1.71 bits per heavy atom. The molecule has 0 aromatic heterocycles. The summed E-state index contributed by atoms with van der Waals surface area (Å²) < 4.78 is 22.7. The van der Waals surface area contributed by atoms with Crippen LogP contribution in [0.4, 0.5) is 0 Å². The highest BCUT2D eigenvalue weighted by molar-refractivity contribution is 9.10. The Hall–Kier alpha value is -1.92. The van der Waals surface area contributed by atoms with Crippen molar-refractivity contribution in [3.05, 3.63) is 45.9 Å². The van der Waals surface area contributed by atoms with Crippen molar-refractivity contribution in [2.45, 2.75) is 25.9 Å². The van der Waals surface area contributed by atoms with Crippen molar-refractivity contribution in [3.8, 4) is 23.0 Å². The Labute approximate surface area is 149 Å². The van der Waals surface area contributed by atoms with Crippen LogP contribution in [0.5, 0.6) is 23.0 Å². The van der Waals surface area contributed by atoms with Crippen molar-refractivity contribution < 1.29 is 18.9 Å². The number of hydrogen-bond donors (Lipinski definition) is 1. The summed E-state index contributed by atoms with van der Waals surface area (Å²) in [7, 11) is 0. The van der Waals surface area contributed by atoms with E-state index in [9.17, 15) is 0 Å². The number of ether oxygens (including phenoxy) is 4. The first-order valence-corrected chi connectivity index (χ1v) is 8.55. The topological polar surface area (TPSA) is 49.0 Å². The quantitative estimate of drug-likeness (QED) is 0.855. The summed E-state index contributed by atoms with van der Waals surface area (Å²) in [6.07, 6.45) is 0. The van der Waals surface area contributed by atoms with Gasteiger partial charge in [0.1, 0.15) is 0 Å². The maximum atomic E-state index is 5.48. The molecule has 0 spiro atoms. The third kappa shape index (κ3) is 2.80. The zero-order chi connectivity index (χ0) is 16.7. The van der Waals surface area contributed by atoms with Crippen LogP contribution in [0.1, 0.15) is 25.0 Å². The van der Waals surface area contributed by atoms with Gasteiger partial charge in [-0.05, 0) is 65.2 Å². The third-order valence-corrected chi connectivity index (χ3v) is 4.90. The van der Waals surface area contributed by atoms with Crippen LogP contribution in [0.15, 0.2) is 34.8 Å². The van der Waals surface area contributed by atoms with E-state index in [0.717, 1.165) is 38.6 Å². The molecule has 0 unspecified atom stereocenters. The van der Waals surface area contributed by atoms with Gasteiger partial charge in [0, 0.05) is 12.1 Å². The molecule has 126 valence electrons. The molecule has 0 saturated carbocycles. The number of fused-ring (bicyclic) bond motifs is 2. The highest BCUT2D eigenvalue weighted by Crippen LogP contribution is 2.40. The van der Waals surface area contributed by atoms with Crippen LogP contribution in [-0.2, 0) is 12.1 Å². The standard InChI is InChI=1S/C18H18BrNO4/c1-18(2,12-3-4-14-15(7-12)22-9-21-14)20-8-11-5-13(19)17-16(6-11)23-10-24-17/h3-7,20H,8-10H2,1-2H3. The molecule has 0 radical (unpaired) electrons. The molecule has 1 N–H and O–H groups in total. The van der Waals surface area contributed by atoms with E-state index in [0.29, 0.717) is 6.54 Å². The van der Waals surface area contributed by atoms with Gasteiger partial charge in [-0.15, -0.1) is 0 Å². The zero-order valence-corrected chi connectivity index (χ0v) is 15.1. The monoisotopic (exact) mass is 391 g/mol. The predicted molar refractivity (Wildman–Crippen MR) is 92.7 cm³/mol. The summed E-state index contributed by atoms with van der Waals surface area (Å²) in [4.78, 5) is 0. The Balaban J connectivity index is 1.51. The van der Waals surface area contributed by atoms with E-state index in [-0.39, 0.29) is 19.1 Å². The lowest BCUT2D eigenvalue weighted by molar-refractivity contribution is 0.173. The second-order valence-electron chi connectivity index (χ2n) is 6.36. The summed E-state index contributed by atoms with van der Waals surface area (Å²) >= 11 is 3.53. The molecule has 5 nitrogen and oxygen atoms in total. The molecular weight excluding hydrogens is 374 g/mol. The minimum Gasteiger partial charge on any atom is -0.454 e. The molecule has 0 saturated heterocycles. The van der Waals surface area contributed by atoms with Crippen molar-refractivity contribution in [2.24, 2.45) is 0 Å². The average Bonchev–Trinajstić information content (AvgIpc) is 3.21. The lowest BCUT2D eigenvalue weighted by atomic mass is 9.93. The van der Waals surface area contributed by atoms with E-state index in [1.54, 1.807) is 0 Å². The van der Waals surface area contributed by atoms with Crippen LogP contribution in [0.25, 0.3) is 0 Å². The first-order chi connectivity index (χ1) is 11.5. The lowest BCUT2D eigenvalue weighted by Gasteiger charge is -2.27. The van der Waals surface area contributed by atoms with Crippen LogP contribution < -0.4 is 24.3 Å². The van der Waals surface area contributed by atoms with E-state index in [4.69, 9.17) is 18.9 Å². The molecule has 24 heavy (non-hydrogen) atoms. The molecule has 6 heteroatoms. The van der Waals surface area contributed by atoms with E-state index in [1.165, 1.54) is 0 Å². The summed E-state index contributed by atoms with van der Waals surface area (Å²) in [5.41, 5.74) is 2.05. The molecule has 0 amide bonds. The van der Waals surface area contributed by atoms with Gasteiger partial charge in [0.2, 0.25) is 13.6 Å². The van der Waals surface area contributed by atoms with E-state index >= 15 is 0 Å². The van der Waals surface area contributed by atoms with E-state index < -0.39 is 0 Å². The Morgan fingerprint density at radius 1 is 0.958 bits per heavy atom. The second kappa shape index (κ2) is 5.86. The van der Waals surface area contributed by atoms with Crippen LogP contribution in [0.2, 0.25) is 0 Å². The van der Waals surface area contributed by atoms with E-state index in [2.05, 4.69) is 47.2 Å². The number of halogens is 1. The number of benzene rings is 2. The van der Waals surface area contributed by atoms with Crippen molar-refractivity contribution in [3.63, 3.8) is 0 Å². The van der Waals surface area contributed by atoms with Gasteiger partial charge in [0.25, 0.3) is 0 Å². The Kier molecular flexibility index (Phi) is 3.81. The van der Waals surface area contributed by atoms with Gasteiger partial charge < -0.3 is 24.3 Å². The van der Waals surface area contributed by atoms with Crippen LogP contribution in [0, 0.1) is 0 Å². The minimum absolute atomic E-state index is 0.218. The molecule has 2 aliphatic heterocycles. The average molecular weight is 392 g/mol. The molecule has 2 aliphatic rings. The number of hydrogen-bond acceptors (Lipinski definition) is 5. The first-order valence-electron chi connectivity index (χ1n) is 7.76. The second-order valence-corrected chi connectivity index (χ2v) is 7.21. The van der Waals surface area contributed by atoms with Crippen molar-refractivity contribution >= 4 is 15.9 Å². The fourth-order valence-corrected chi connectivity index (χ4v) is 3.44. The minimum atomic E-state index is -0.218. The SMILES string of the molecule is CC(C)(NCc1cc(Br)c2c(c1)OCO2)c1ccc2c(c1)OCO2. The highest BCUT2D eigenvalue weighted by atomic mass is 79.9.